The Bertz CT molecular complexity index is 431. The van der Waals surface area contributed by atoms with E-state index in [-0.39, 0.29) is 0 Å². The highest BCUT2D eigenvalue weighted by Crippen LogP contribution is 2.14. The van der Waals surface area contributed by atoms with Gasteiger partial charge in [-0.05, 0) is 37.0 Å². The molecule has 1 aliphatic rings. The molecule has 2 rings (SSSR count). The minimum Gasteiger partial charge on any atom is -0.494 e. The van der Waals surface area contributed by atoms with Crippen LogP contribution in [-0.2, 0) is 11.3 Å². The van der Waals surface area contributed by atoms with Crippen LogP contribution in [0.3, 0.4) is 0 Å². The van der Waals surface area contributed by atoms with Gasteiger partial charge in [0, 0.05) is 26.1 Å². The van der Waals surface area contributed by atoms with Crippen LogP contribution in [0, 0.1) is 0 Å². The fourth-order valence-corrected chi connectivity index (χ4v) is 2.62. The Hall–Kier alpha value is -1.55. The van der Waals surface area contributed by atoms with Crippen LogP contribution in [0.2, 0.25) is 0 Å². The van der Waals surface area contributed by atoms with Crippen LogP contribution >= 0.6 is 0 Å². The third-order valence-electron chi connectivity index (χ3n) is 3.92. The zero-order valence-corrected chi connectivity index (χ0v) is 12.7. The number of nitrogens with zero attached hydrogens (tertiary/aromatic N) is 1. The van der Waals surface area contributed by atoms with Gasteiger partial charge in [0.05, 0.1) is 6.61 Å². The smallest absolute Gasteiger partial charge is 0.222 e. The van der Waals surface area contributed by atoms with E-state index in [0.717, 1.165) is 43.7 Å². The number of ether oxygens (including phenoxy) is 1. The van der Waals surface area contributed by atoms with Crippen molar-refractivity contribution < 1.29 is 9.53 Å². The molecular weight excluding hydrogens is 264 g/mol. The van der Waals surface area contributed by atoms with E-state index < -0.39 is 0 Å². The van der Waals surface area contributed by atoms with Gasteiger partial charge >= 0.3 is 0 Å². The first-order valence-electron chi connectivity index (χ1n) is 7.99. The van der Waals surface area contributed by atoms with Gasteiger partial charge in [0.15, 0.2) is 0 Å². The van der Waals surface area contributed by atoms with Crippen molar-refractivity contribution in [2.24, 2.45) is 5.73 Å². The van der Waals surface area contributed by atoms with Crippen molar-refractivity contribution >= 4 is 5.91 Å². The molecule has 1 amide bonds. The highest BCUT2D eigenvalue weighted by Gasteiger charge is 2.14. The van der Waals surface area contributed by atoms with Crippen molar-refractivity contribution in [3.05, 3.63) is 29.8 Å². The van der Waals surface area contributed by atoms with E-state index in [9.17, 15) is 4.79 Å². The monoisotopic (exact) mass is 290 g/mol. The van der Waals surface area contributed by atoms with Gasteiger partial charge in [0.1, 0.15) is 5.75 Å². The first-order chi connectivity index (χ1) is 10.3. The lowest BCUT2D eigenvalue weighted by molar-refractivity contribution is -0.131. The quantitative estimate of drug-likeness (QED) is 0.820. The molecule has 0 atom stereocenters. The number of nitrogens with two attached hydrogens (primary N) is 1. The first kappa shape index (κ1) is 15.8. The number of carbonyl (C=O) groups excluding carboxylic acids is 1. The molecule has 1 heterocycles. The Kier molecular flexibility index (Phi) is 6.54. The van der Waals surface area contributed by atoms with Crippen molar-refractivity contribution in [2.45, 2.75) is 45.1 Å². The van der Waals surface area contributed by atoms with Crippen LogP contribution < -0.4 is 10.5 Å². The highest BCUT2D eigenvalue weighted by molar-refractivity contribution is 5.76. The van der Waals surface area contributed by atoms with Crippen molar-refractivity contribution in [3.8, 4) is 5.75 Å². The number of rotatable bonds is 6. The maximum atomic E-state index is 12.0. The molecule has 0 aromatic heterocycles. The van der Waals surface area contributed by atoms with Crippen LogP contribution in [0.4, 0.5) is 0 Å². The summed E-state index contributed by atoms with van der Waals surface area (Å²) in [6, 6.07) is 7.86. The molecule has 0 bridgehead atoms. The standard InChI is InChI=1S/C17H26N2O2/c18-14-15-7-9-16(10-8-15)21-13-5-12-19-11-4-2-1-3-6-17(19)20/h7-10H,1-6,11-14,18H2. The molecular formula is C17H26N2O2. The summed E-state index contributed by atoms with van der Waals surface area (Å²) >= 11 is 0. The maximum absolute atomic E-state index is 12.0. The lowest BCUT2D eigenvalue weighted by Gasteiger charge is -2.24. The summed E-state index contributed by atoms with van der Waals surface area (Å²) in [7, 11) is 0. The van der Waals surface area contributed by atoms with Crippen LogP contribution in [-0.4, -0.2) is 30.5 Å². The predicted molar refractivity (Wildman–Crippen MR) is 84.1 cm³/mol. The van der Waals surface area contributed by atoms with Gasteiger partial charge in [-0.15, -0.1) is 0 Å². The summed E-state index contributed by atoms with van der Waals surface area (Å²) in [4.78, 5) is 14.0. The second-order valence-electron chi connectivity index (χ2n) is 5.60. The highest BCUT2D eigenvalue weighted by atomic mass is 16.5. The van der Waals surface area contributed by atoms with Gasteiger partial charge < -0.3 is 15.4 Å². The number of carbonyl (C=O) groups is 1. The van der Waals surface area contributed by atoms with E-state index in [1.54, 1.807) is 0 Å². The Morgan fingerprint density at radius 3 is 2.62 bits per heavy atom. The van der Waals surface area contributed by atoms with Crippen molar-refractivity contribution in [3.63, 3.8) is 0 Å². The average Bonchev–Trinajstić information content (AvgIpc) is 2.50. The number of amides is 1. The molecule has 0 unspecified atom stereocenters. The van der Waals surface area contributed by atoms with Crippen molar-refractivity contribution in [1.82, 2.24) is 4.90 Å². The molecule has 4 nitrogen and oxygen atoms in total. The Labute approximate surface area is 127 Å². The third kappa shape index (κ3) is 5.38. The second kappa shape index (κ2) is 8.67. The molecule has 1 saturated heterocycles. The van der Waals surface area contributed by atoms with Gasteiger partial charge in [0.25, 0.3) is 0 Å². The number of hydrogen-bond acceptors (Lipinski definition) is 3. The van der Waals surface area contributed by atoms with Crippen LogP contribution in [0.15, 0.2) is 24.3 Å². The van der Waals surface area contributed by atoms with Crippen LogP contribution in [0.1, 0.15) is 44.1 Å². The third-order valence-corrected chi connectivity index (χ3v) is 3.92. The predicted octanol–water partition coefficient (Wildman–Crippen LogP) is 2.71. The molecule has 0 saturated carbocycles. The van der Waals surface area contributed by atoms with E-state index >= 15 is 0 Å². The zero-order valence-electron chi connectivity index (χ0n) is 12.7. The number of benzene rings is 1. The first-order valence-corrected chi connectivity index (χ1v) is 7.99. The van der Waals surface area contributed by atoms with Gasteiger partial charge in [-0.1, -0.05) is 25.0 Å². The van der Waals surface area contributed by atoms with Gasteiger partial charge in [-0.2, -0.15) is 0 Å². The average molecular weight is 290 g/mol. The fraction of sp³-hybridized carbons (Fsp3) is 0.588. The molecule has 1 aromatic rings. The normalized spacial score (nSPS) is 16.4. The molecule has 116 valence electrons. The Morgan fingerprint density at radius 1 is 1.10 bits per heavy atom. The Morgan fingerprint density at radius 2 is 1.86 bits per heavy atom. The molecule has 2 N–H and O–H groups in total. The zero-order chi connectivity index (χ0) is 14.9. The Balaban J connectivity index is 1.68. The minimum absolute atomic E-state index is 0.307. The molecule has 21 heavy (non-hydrogen) atoms. The van der Waals surface area contributed by atoms with Gasteiger partial charge in [-0.3, -0.25) is 4.79 Å². The van der Waals surface area contributed by atoms with E-state index in [4.69, 9.17) is 10.5 Å². The van der Waals surface area contributed by atoms with Crippen molar-refractivity contribution in [1.29, 1.82) is 0 Å². The summed E-state index contributed by atoms with van der Waals surface area (Å²) in [6.45, 7) is 2.91. The largest absolute Gasteiger partial charge is 0.494 e. The lowest BCUT2D eigenvalue weighted by atomic mass is 10.1. The summed E-state index contributed by atoms with van der Waals surface area (Å²) in [6.07, 6.45) is 6.20. The molecule has 1 aromatic carbocycles. The van der Waals surface area contributed by atoms with E-state index in [2.05, 4.69) is 0 Å². The number of likely N-dealkylation sites (tertiary alicyclic amines) is 1. The summed E-state index contributed by atoms with van der Waals surface area (Å²) in [5.74, 6) is 1.17. The molecule has 4 heteroatoms. The SMILES string of the molecule is NCc1ccc(OCCCN2CCCCCCC2=O)cc1. The second-order valence-corrected chi connectivity index (χ2v) is 5.60. The van der Waals surface area contributed by atoms with Crippen LogP contribution in [0.5, 0.6) is 5.75 Å². The molecule has 0 aliphatic carbocycles. The van der Waals surface area contributed by atoms with Crippen molar-refractivity contribution in [2.75, 3.05) is 19.7 Å². The van der Waals surface area contributed by atoms with Crippen LogP contribution in [0.25, 0.3) is 0 Å². The fourth-order valence-electron chi connectivity index (χ4n) is 2.62. The maximum Gasteiger partial charge on any atom is 0.222 e. The lowest BCUT2D eigenvalue weighted by Crippen LogP contribution is -2.34. The van der Waals surface area contributed by atoms with E-state index in [1.807, 2.05) is 29.2 Å². The topological polar surface area (TPSA) is 55.6 Å². The number of hydrogen-bond donors (Lipinski definition) is 1. The summed E-state index contributed by atoms with van der Waals surface area (Å²) < 4.78 is 5.71. The minimum atomic E-state index is 0.307. The molecule has 1 aliphatic heterocycles. The molecule has 1 fully saturated rings. The van der Waals surface area contributed by atoms with E-state index in [0.29, 0.717) is 25.5 Å². The molecule has 0 spiro atoms. The van der Waals surface area contributed by atoms with E-state index in [1.165, 1.54) is 12.8 Å². The molecule has 0 radical (unpaired) electrons. The summed E-state index contributed by atoms with van der Waals surface area (Å²) in [5, 5.41) is 0. The summed E-state index contributed by atoms with van der Waals surface area (Å²) in [5.41, 5.74) is 6.67. The van der Waals surface area contributed by atoms with Gasteiger partial charge in [-0.25, -0.2) is 0 Å². The van der Waals surface area contributed by atoms with Gasteiger partial charge in [0.2, 0.25) is 5.91 Å².